The third kappa shape index (κ3) is 2.96. The van der Waals surface area contributed by atoms with E-state index in [4.69, 9.17) is 4.42 Å². The fourth-order valence-electron chi connectivity index (χ4n) is 1.73. The van der Waals surface area contributed by atoms with Gasteiger partial charge in [-0.25, -0.2) is 8.78 Å². The predicted molar refractivity (Wildman–Crippen MR) is 65.1 cm³/mol. The molecule has 0 spiro atoms. The van der Waals surface area contributed by atoms with Crippen molar-refractivity contribution < 1.29 is 13.2 Å². The van der Waals surface area contributed by atoms with Crippen LogP contribution in [-0.4, -0.2) is 0 Å². The van der Waals surface area contributed by atoms with Gasteiger partial charge in [0.1, 0.15) is 23.2 Å². The molecule has 0 radical (unpaired) electrons. The molecule has 4 heteroatoms. The van der Waals surface area contributed by atoms with Gasteiger partial charge in [0, 0.05) is 12.1 Å². The number of rotatable bonds is 4. The summed E-state index contributed by atoms with van der Waals surface area (Å²) in [7, 11) is 0. The van der Waals surface area contributed by atoms with Crippen LogP contribution in [0.2, 0.25) is 0 Å². The Morgan fingerprint density at radius 3 is 2.67 bits per heavy atom. The lowest BCUT2D eigenvalue weighted by Gasteiger charge is -2.12. The van der Waals surface area contributed by atoms with Gasteiger partial charge in [-0.15, -0.1) is 0 Å². The molecular formula is C14H15F2NO. The highest BCUT2D eigenvalue weighted by atomic mass is 19.1. The van der Waals surface area contributed by atoms with Crippen LogP contribution in [-0.2, 0) is 6.54 Å². The average Bonchev–Trinajstić information content (AvgIpc) is 2.77. The van der Waals surface area contributed by atoms with Crippen molar-refractivity contribution in [2.45, 2.75) is 26.4 Å². The maximum absolute atomic E-state index is 13.4. The average molecular weight is 251 g/mol. The summed E-state index contributed by atoms with van der Waals surface area (Å²) in [5, 5.41) is 3.10. The van der Waals surface area contributed by atoms with Crippen molar-refractivity contribution in [1.29, 1.82) is 0 Å². The van der Waals surface area contributed by atoms with Crippen LogP contribution >= 0.6 is 0 Å². The van der Waals surface area contributed by atoms with Gasteiger partial charge in [0.2, 0.25) is 0 Å². The van der Waals surface area contributed by atoms with Crippen LogP contribution in [0, 0.1) is 18.6 Å². The summed E-state index contributed by atoms with van der Waals surface area (Å²) in [6.07, 6.45) is 0. The first-order valence-electron chi connectivity index (χ1n) is 5.80. The molecule has 1 atom stereocenters. The molecular weight excluding hydrogens is 236 g/mol. The summed E-state index contributed by atoms with van der Waals surface area (Å²) < 4.78 is 31.8. The fourth-order valence-corrected chi connectivity index (χ4v) is 1.73. The molecule has 0 saturated carbocycles. The van der Waals surface area contributed by atoms with Gasteiger partial charge in [-0.05, 0) is 44.2 Å². The molecule has 1 unspecified atom stereocenters. The zero-order valence-corrected chi connectivity index (χ0v) is 10.3. The van der Waals surface area contributed by atoms with E-state index in [-0.39, 0.29) is 12.6 Å². The number of furan rings is 1. The van der Waals surface area contributed by atoms with Crippen LogP contribution in [0.4, 0.5) is 8.78 Å². The molecule has 0 aliphatic rings. The summed E-state index contributed by atoms with van der Waals surface area (Å²) in [5.41, 5.74) is 0.310. The van der Waals surface area contributed by atoms with Crippen molar-refractivity contribution in [2.75, 3.05) is 0 Å². The first-order chi connectivity index (χ1) is 8.56. The second-order valence-corrected chi connectivity index (χ2v) is 4.29. The van der Waals surface area contributed by atoms with Gasteiger partial charge < -0.3 is 9.73 Å². The first-order valence-corrected chi connectivity index (χ1v) is 5.80. The molecule has 1 N–H and O–H groups in total. The molecule has 2 aromatic rings. The number of aryl methyl sites for hydroxylation is 1. The normalized spacial score (nSPS) is 12.7. The zero-order chi connectivity index (χ0) is 13.1. The van der Waals surface area contributed by atoms with Crippen molar-refractivity contribution >= 4 is 0 Å². The molecule has 1 aromatic heterocycles. The monoisotopic (exact) mass is 251 g/mol. The lowest BCUT2D eigenvalue weighted by Crippen LogP contribution is -2.18. The topological polar surface area (TPSA) is 25.2 Å². The van der Waals surface area contributed by atoms with Crippen LogP contribution in [0.3, 0.4) is 0 Å². The molecule has 18 heavy (non-hydrogen) atoms. The minimum atomic E-state index is -0.435. The second-order valence-electron chi connectivity index (χ2n) is 4.29. The standard InChI is InChI=1S/C14H15F2NO/c1-9-3-6-14(18-9)10(2)17-8-11-7-12(15)4-5-13(11)16/h3-7,10,17H,8H2,1-2H3. The van der Waals surface area contributed by atoms with Crippen molar-refractivity contribution in [2.24, 2.45) is 0 Å². The van der Waals surface area contributed by atoms with Crippen molar-refractivity contribution in [3.8, 4) is 0 Å². The molecule has 1 heterocycles. The van der Waals surface area contributed by atoms with E-state index >= 15 is 0 Å². The molecule has 96 valence electrons. The Hall–Kier alpha value is -1.68. The molecule has 0 aliphatic heterocycles. The Bertz CT molecular complexity index is 536. The molecule has 2 nitrogen and oxygen atoms in total. The number of halogens is 2. The Morgan fingerprint density at radius 1 is 1.22 bits per heavy atom. The minimum Gasteiger partial charge on any atom is -0.465 e. The lowest BCUT2D eigenvalue weighted by molar-refractivity contribution is 0.413. The number of hydrogen-bond donors (Lipinski definition) is 1. The Balaban J connectivity index is 2.01. The van der Waals surface area contributed by atoms with Crippen LogP contribution in [0.15, 0.2) is 34.7 Å². The summed E-state index contributed by atoms with van der Waals surface area (Å²) in [6.45, 7) is 4.03. The molecule has 1 aromatic carbocycles. The van der Waals surface area contributed by atoms with Gasteiger partial charge in [0.05, 0.1) is 6.04 Å². The maximum Gasteiger partial charge on any atom is 0.127 e. The van der Waals surface area contributed by atoms with Gasteiger partial charge in [0.25, 0.3) is 0 Å². The van der Waals surface area contributed by atoms with Crippen LogP contribution in [0.1, 0.15) is 30.0 Å². The smallest absolute Gasteiger partial charge is 0.127 e. The minimum absolute atomic E-state index is 0.0543. The molecule has 0 amide bonds. The molecule has 0 fully saturated rings. The van der Waals surface area contributed by atoms with Crippen molar-refractivity contribution in [1.82, 2.24) is 5.32 Å². The summed E-state index contributed by atoms with van der Waals surface area (Å²) >= 11 is 0. The highest BCUT2D eigenvalue weighted by molar-refractivity contribution is 5.19. The number of benzene rings is 1. The van der Waals surface area contributed by atoms with Gasteiger partial charge in [0.15, 0.2) is 0 Å². The van der Waals surface area contributed by atoms with Crippen LogP contribution in [0.25, 0.3) is 0 Å². The third-order valence-electron chi connectivity index (χ3n) is 2.79. The summed E-state index contributed by atoms with van der Waals surface area (Å²) in [4.78, 5) is 0. The van der Waals surface area contributed by atoms with Crippen molar-refractivity contribution in [3.63, 3.8) is 0 Å². The highest BCUT2D eigenvalue weighted by Crippen LogP contribution is 2.17. The fraction of sp³-hybridized carbons (Fsp3) is 0.286. The predicted octanol–water partition coefficient (Wildman–Crippen LogP) is 3.72. The third-order valence-corrected chi connectivity index (χ3v) is 2.79. The second kappa shape index (κ2) is 5.31. The SMILES string of the molecule is Cc1ccc(C(C)NCc2cc(F)ccc2F)o1. The summed E-state index contributed by atoms with van der Waals surface area (Å²) in [6, 6.07) is 7.13. The van der Waals surface area contributed by atoms with Gasteiger partial charge in [-0.1, -0.05) is 0 Å². The molecule has 0 bridgehead atoms. The van der Waals surface area contributed by atoms with E-state index in [0.29, 0.717) is 5.56 Å². The maximum atomic E-state index is 13.4. The summed E-state index contributed by atoms with van der Waals surface area (Å²) in [5.74, 6) is 0.765. The van der Waals surface area contributed by atoms with Crippen LogP contribution in [0.5, 0.6) is 0 Å². The van der Waals surface area contributed by atoms with Gasteiger partial charge >= 0.3 is 0 Å². The van der Waals surface area contributed by atoms with E-state index in [9.17, 15) is 8.78 Å². The highest BCUT2D eigenvalue weighted by Gasteiger charge is 2.10. The van der Waals surface area contributed by atoms with Crippen LogP contribution < -0.4 is 5.32 Å². The van der Waals surface area contributed by atoms with E-state index < -0.39 is 11.6 Å². The van der Waals surface area contributed by atoms with Crippen molar-refractivity contribution in [3.05, 3.63) is 59.1 Å². The zero-order valence-electron chi connectivity index (χ0n) is 10.3. The van der Waals surface area contributed by atoms with Gasteiger partial charge in [-0.2, -0.15) is 0 Å². The van der Waals surface area contributed by atoms with E-state index in [1.807, 2.05) is 26.0 Å². The van der Waals surface area contributed by atoms with E-state index in [2.05, 4.69) is 5.32 Å². The van der Waals surface area contributed by atoms with E-state index in [1.54, 1.807) is 0 Å². The molecule has 0 saturated heterocycles. The largest absolute Gasteiger partial charge is 0.465 e. The number of nitrogens with one attached hydrogen (secondary N) is 1. The Labute approximate surface area is 105 Å². The lowest BCUT2D eigenvalue weighted by atomic mass is 10.2. The molecule has 2 rings (SSSR count). The van der Waals surface area contributed by atoms with E-state index in [1.165, 1.54) is 6.07 Å². The quantitative estimate of drug-likeness (QED) is 0.896. The Morgan fingerprint density at radius 2 is 2.00 bits per heavy atom. The van der Waals surface area contributed by atoms with E-state index in [0.717, 1.165) is 23.7 Å². The molecule has 0 aliphatic carbocycles. The number of hydrogen-bond acceptors (Lipinski definition) is 2. The van der Waals surface area contributed by atoms with Gasteiger partial charge in [-0.3, -0.25) is 0 Å². The first kappa shape index (κ1) is 12.8. The Kier molecular flexibility index (Phi) is 3.77.